The fourth-order valence-electron chi connectivity index (χ4n) is 6.67. The number of amides is 8. The van der Waals surface area contributed by atoms with Crippen molar-refractivity contribution < 1.29 is 85.8 Å². The summed E-state index contributed by atoms with van der Waals surface area (Å²) in [4.78, 5) is 105. The van der Waals surface area contributed by atoms with Gasteiger partial charge in [0.1, 0.15) is 30.3 Å². The van der Waals surface area contributed by atoms with Crippen LogP contribution in [0.25, 0.3) is 0 Å². The lowest BCUT2D eigenvalue weighted by Crippen LogP contribution is -2.41. The van der Waals surface area contributed by atoms with E-state index in [1.807, 2.05) is 0 Å². The third-order valence-electron chi connectivity index (χ3n) is 8.89. The average Bonchev–Trinajstić information content (AvgIpc) is 3.87. The van der Waals surface area contributed by atoms with Crippen LogP contribution in [-0.2, 0) is 62.2 Å². The summed E-state index contributed by atoms with van der Waals surface area (Å²) in [5, 5.41) is 18.4. The Morgan fingerprint density at radius 3 is 1.50 bits per heavy atom. The van der Waals surface area contributed by atoms with E-state index in [9.17, 15) is 60.3 Å². The third-order valence-corrected chi connectivity index (χ3v) is 8.89. The first-order chi connectivity index (χ1) is 29.2. The number of imide groups is 2. The first-order valence-electron chi connectivity index (χ1n) is 18.9. The molecule has 62 heavy (non-hydrogen) atoms. The molecule has 0 radical (unpaired) electrons. The smallest absolute Gasteiger partial charge is 0.446 e. The van der Waals surface area contributed by atoms with Crippen molar-refractivity contribution in [1.29, 1.82) is 0 Å². The first-order valence-corrected chi connectivity index (χ1v) is 18.2. The van der Waals surface area contributed by atoms with Crippen LogP contribution in [-0.4, -0.2) is 108 Å². The van der Waals surface area contributed by atoms with Crippen LogP contribution in [0.1, 0.15) is 71.1 Å². The Bertz CT molecular complexity index is 2190. The number of urea groups is 2. The summed E-state index contributed by atoms with van der Waals surface area (Å²) < 4.78 is 82.6. The first kappa shape index (κ1) is 47.8. The average molecular weight is 888 g/mol. The summed E-state index contributed by atoms with van der Waals surface area (Å²) in [6.07, 6.45) is -7.31. The van der Waals surface area contributed by atoms with Crippen molar-refractivity contribution in [3.8, 4) is 0 Å². The highest BCUT2D eigenvalue weighted by Gasteiger charge is 2.61. The zero-order valence-electron chi connectivity index (χ0n) is 35.0. The maximum absolute atomic E-state index is 14.9. The van der Waals surface area contributed by atoms with Crippen molar-refractivity contribution in [3.63, 3.8) is 0 Å². The number of carboxylic acid groups (broad SMARTS) is 1. The number of alkyl halides is 3. The number of halogens is 5. The van der Waals surface area contributed by atoms with Crippen LogP contribution in [0.4, 0.5) is 52.5 Å². The van der Waals surface area contributed by atoms with Gasteiger partial charge in [-0.25, -0.2) is 37.8 Å². The highest BCUT2D eigenvalue weighted by molar-refractivity contribution is 6.07. The number of nitrogens with one attached hydrogen (secondary N) is 4. The standard InChI is InChI=1S/C19H22FN3O6.C15H14FN3O6.C2HF3O.C2H6/c1-18(2,3)28-13(24)9-23-15(25)19(29-17(23)27)6-5-10-7-11(22-16(26)21-4)8-12(20)14(10)19;1-17-13(23)18-8-4-7-2-3-15(11(7)9(16)5-8)12(22)19(6-10(20)21)14(24)25-15;3-2(4,5)1-6;1-2/h7-8H,5-6,9H2,1-4H3,(H2,21,22,26);4-5H,2-3,6H2,1H3,(H,20,21)(H2,17,18,23);1H;1-2H3/t19-;15-;;/m00../s1/i;;;1D. The molecule has 4 aliphatic rings. The zero-order chi connectivity index (χ0) is 47.8. The summed E-state index contributed by atoms with van der Waals surface area (Å²) in [6.45, 7) is 5.78. The highest BCUT2D eigenvalue weighted by atomic mass is 19.4. The molecular formula is C38H43F5N6O13. The van der Waals surface area contributed by atoms with Crippen LogP contribution in [0.15, 0.2) is 24.3 Å². The number of carbonyl (C=O) groups excluding carboxylic acids is 8. The quantitative estimate of drug-likeness (QED) is 0.115. The number of anilines is 2. The van der Waals surface area contributed by atoms with Gasteiger partial charge in [0.25, 0.3) is 11.8 Å². The molecule has 0 saturated carbocycles. The number of carbonyl (C=O) groups is 9. The molecule has 2 saturated heterocycles. The molecule has 0 unspecified atom stereocenters. The second-order valence-corrected chi connectivity index (χ2v) is 14.2. The van der Waals surface area contributed by atoms with Crippen LogP contribution in [0.3, 0.4) is 0 Å². The lowest BCUT2D eigenvalue weighted by atomic mass is 9.94. The van der Waals surface area contributed by atoms with Gasteiger partial charge in [-0.15, -0.1) is 0 Å². The number of aldehydes is 1. The molecule has 0 bridgehead atoms. The lowest BCUT2D eigenvalue weighted by Gasteiger charge is -2.22. The Morgan fingerprint density at radius 1 is 0.806 bits per heavy atom. The zero-order valence-corrected chi connectivity index (χ0v) is 34.0. The molecule has 2 atom stereocenters. The van der Waals surface area contributed by atoms with Gasteiger partial charge in [-0.1, -0.05) is 13.8 Å². The molecule has 0 aromatic heterocycles. The van der Waals surface area contributed by atoms with Crippen LogP contribution in [0.2, 0.25) is 0 Å². The largest absolute Gasteiger partial charge is 0.480 e. The predicted octanol–water partition coefficient (Wildman–Crippen LogP) is 4.59. The molecule has 338 valence electrons. The molecular weight excluding hydrogens is 843 g/mol. The maximum Gasteiger partial charge on any atom is 0.446 e. The summed E-state index contributed by atoms with van der Waals surface area (Å²) in [5.74, 6) is -5.47. The van der Waals surface area contributed by atoms with E-state index in [-0.39, 0.29) is 48.2 Å². The number of aryl methyl sites for hydroxylation is 2. The Kier molecular flexibility index (Phi) is 14.8. The second-order valence-electron chi connectivity index (χ2n) is 14.2. The van der Waals surface area contributed by atoms with Crippen LogP contribution in [0, 0.1) is 11.6 Å². The van der Waals surface area contributed by atoms with Gasteiger partial charge in [0.15, 0.2) is 0 Å². The monoisotopic (exact) mass is 887 g/mol. The Balaban J connectivity index is 0.000000283. The van der Waals surface area contributed by atoms with E-state index in [0.29, 0.717) is 27.8 Å². The van der Waals surface area contributed by atoms with Crippen molar-refractivity contribution in [2.24, 2.45) is 0 Å². The van der Waals surface area contributed by atoms with Crippen molar-refractivity contribution in [3.05, 3.63) is 58.2 Å². The van der Waals surface area contributed by atoms with Crippen LogP contribution >= 0.6 is 0 Å². The normalized spacial score (nSPS) is 19.6. The van der Waals surface area contributed by atoms with E-state index in [4.69, 9.17) is 25.5 Å². The molecule has 5 N–H and O–H groups in total. The number of benzene rings is 2. The molecule has 2 aliphatic heterocycles. The molecule has 24 heteroatoms. The predicted molar refractivity (Wildman–Crippen MR) is 202 cm³/mol. The number of hydrogen-bond donors (Lipinski definition) is 5. The minimum Gasteiger partial charge on any atom is -0.480 e. The number of ether oxygens (including phenoxy) is 3. The van der Waals surface area contributed by atoms with Crippen molar-refractivity contribution in [2.45, 2.75) is 83.3 Å². The van der Waals surface area contributed by atoms with E-state index < -0.39 is 102 Å². The van der Waals surface area contributed by atoms with Gasteiger partial charge in [0.05, 0.1) is 0 Å². The van der Waals surface area contributed by atoms with Crippen molar-refractivity contribution >= 4 is 65.7 Å². The van der Waals surface area contributed by atoms with E-state index in [1.54, 1.807) is 27.7 Å². The maximum atomic E-state index is 14.9. The SMILES string of the molecule is CNC(=O)Nc1cc(F)c2c(c1)CC[C@]21OC(=O)N(CC(=O)O)C1=O.CNC(=O)Nc1cc(F)c2c(c1)CC[C@]21OC(=O)N(CC(=O)OC(C)(C)C)C1=O.O=CC(F)(F)F.[2H]CC. The number of nitrogens with zero attached hydrogens (tertiary/aromatic N) is 2. The fraction of sp³-hybridized carbons (Fsp3) is 0.447. The number of carboxylic acids is 1. The lowest BCUT2D eigenvalue weighted by molar-refractivity contribution is -0.157. The van der Waals surface area contributed by atoms with Gasteiger partial charge in [-0.05, 0) is 69.0 Å². The minimum absolute atomic E-state index is 0.00335. The number of hydrogen-bond acceptors (Lipinski definition) is 12. The number of fused-ring (bicyclic) bond motifs is 4. The van der Waals surface area contributed by atoms with Gasteiger partial charge >= 0.3 is 42.4 Å². The number of rotatable bonds is 6. The van der Waals surface area contributed by atoms with E-state index in [0.717, 1.165) is 12.1 Å². The van der Waals surface area contributed by atoms with Crippen LogP contribution in [0.5, 0.6) is 0 Å². The van der Waals surface area contributed by atoms with E-state index in [1.165, 1.54) is 26.2 Å². The van der Waals surface area contributed by atoms with E-state index in [2.05, 4.69) is 21.3 Å². The summed E-state index contributed by atoms with van der Waals surface area (Å²) in [5.41, 5.74) is -3.36. The summed E-state index contributed by atoms with van der Waals surface area (Å²) in [7, 11) is 2.83. The second kappa shape index (κ2) is 19.2. The molecule has 2 aromatic carbocycles. The number of aliphatic carboxylic acids is 1. The molecule has 8 amide bonds. The summed E-state index contributed by atoms with van der Waals surface area (Å²) in [6, 6.07) is 4.02. The minimum atomic E-state index is -4.64. The third kappa shape index (κ3) is 10.9. The topological polar surface area (TPSA) is 256 Å². The molecule has 19 nitrogen and oxygen atoms in total. The van der Waals surface area contributed by atoms with Crippen molar-refractivity contribution in [2.75, 3.05) is 37.8 Å². The van der Waals surface area contributed by atoms with Gasteiger partial charge in [0.2, 0.25) is 17.5 Å². The van der Waals surface area contributed by atoms with Gasteiger partial charge in [-0.2, -0.15) is 13.2 Å². The molecule has 6 rings (SSSR count). The van der Waals surface area contributed by atoms with Crippen molar-refractivity contribution in [1.82, 2.24) is 20.4 Å². The molecule has 2 aliphatic carbocycles. The highest BCUT2D eigenvalue weighted by Crippen LogP contribution is 2.48. The molecule has 2 aromatic rings. The van der Waals surface area contributed by atoms with Crippen LogP contribution < -0.4 is 21.3 Å². The van der Waals surface area contributed by atoms with Gasteiger partial charge < -0.3 is 40.6 Å². The van der Waals surface area contributed by atoms with Gasteiger partial charge in [0, 0.05) is 50.8 Å². The molecule has 2 spiro atoms. The number of esters is 1. The summed E-state index contributed by atoms with van der Waals surface area (Å²) >= 11 is 0. The molecule has 2 heterocycles. The van der Waals surface area contributed by atoms with E-state index >= 15 is 0 Å². The Hall–Kier alpha value is -6.88. The Labute approximate surface area is 351 Å². The molecule has 2 fully saturated rings. The Morgan fingerprint density at radius 2 is 1.18 bits per heavy atom. The van der Waals surface area contributed by atoms with Gasteiger partial charge in [-0.3, -0.25) is 24.0 Å². The fourth-order valence-corrected chi connectivity index (χ4v) is 6.67.